The molecule has 0 aliphatic rings. The average Bonchev–Trinajstić information content (AvgIpc) is 2.84. The van der Waals surface area contributed by atoms with Crippen LogP contribution in [-0.2, 0) is 24.2 Å². The molecular formula is C28H26N2O4. The van der Waals surface area contributed by atoms with E-state index in [2.05, 4.69) is 29.4 Å². The Morgan fingerprint density at radius 2 is 1.82 bits per heavy atom. The standard InChI is InChI=1S/C28H26N2O4/c1-19-6-2-3-8-21(19)11-13-30-27(31)16-22-14-23(28(32)33)15-25-24(22)9-4-10-26(25)34-18-20-7-5-12-29-17-20/h2-10,12,14-15,17H,11,13,16,18H2,1H3,(H,30,31)(H,32,33). The summed E-state index contributed by atoms with van der Waals surface area (Å²) < 4.78 is 5.99. The molecule has 1 amide bonds. The Hall–Kier alpha value is -4.19. The number of hydrogen-bond acceptors (Lipinski definition) is 4. The molecule has 0 saturated heterocycles. The molecule has 3 aromatic carbocycles. The van der Waals surface area contributed by atoms with Gasteiger partial charge in [0.2, 0.25) is 5.91 Å². The van der Waals surface area contributed by atoms with Crippen LogP contribution in [0.25, 0.3) is 10.8 Å². The Balaban J connectivity index is 1.53. The van der Waals surface area contributed by atoms with E-state index in [4.69, 9.17) is 4.74 Å². The van der Waals surface area contributed by atoms with Gasteiger partial charge in [-0.2, -0.15) is 0 Å². The number of rotatable bonds is 9. The van der Waals surface area contributed by atoms with Gasteiger partial charge in [-0.3, -0.25) is 9.78 Å². The topological polar surface area (TPSA) is 88.5 Å². The maximum atomic E-state index is 12.7. The maximum Gasteiger partial charge on any atom is 0.335 e. The highest BCUT2D eigenvalue weighted by molar-refractivity contribution is 6.00. The molecule has 1 heterocycles. The third-order valence-electron chi connectivity index (χ3n) is 5.73. The number of aromatic carboxylic acids is 1. The van der Waals surface area contributed by atoms with Crippen molar-refractivity contribution < 1.29 is 19.4 Å². The number of carbonyl (C=O) groups excluding carboxylic acids is 1. The Morgan fingerprint density at radius 1 is 0.971 bits per heavy atom. The van der Waals surface area contributed by atoms with Gasteiger partial charge in [0, 0.05) is 29.9 Å². The fourth-order valence-corrected chi connectivity index (χ4v) is 3.94. The Labute approximate surface area is 198 Å². The summed E-state index contributed by atoms with van der Waals surface area (Å²) >= 11 is 0. The third-order valence-corrected chi connectivity index (χ3v) is 5.73. The molecule has 0 radical (unpaired) electrons. The molecule has 0 saturated carbocycles. The number of pyridine rings is 1. The molecule has 172 valence electrons. The number of amides is 1. The average molecular weight is 455 g/mol. The second-order valence-electron chi connectivity index (χ2n) is 8.14. The van der Waals surface area contributed by atoms with Gasteiger partial charge in [-0.15, -0.1) is 0 Å². The zero-order chi connectivity index (χ0) is 23.9. The highest BCUT2D eigenvalue weighted by Crippen LogP contribution is 2.30. The van der Waals surface area contributed by atoms with Crippen molar-refractivity contribution in [2.75, 3.05) is 6.54 Å². The van der Waals surface area contributed by atoms with Crippen LogP contribution in [-0.4, -0.2) is 28.5 Å². The molecule has 0 fully saturated rings. The van der Waals surface area contributed by atoms with Crippen LogP contribution in [0.4, 0.5) is 0 Å². The summed E-state index contributed by atoms with van der Waals surface area (Å²) in [6.45, 7) is 2.87. The molecular weight excluding hydrogens is 428 g/mol. The van der Waals surface area contributed by atoms with Gasteiger partial charge in [-0.25, -0.2) is 4.79 Å². The molecule has 34 heavy (non-hydrogen) atoms. The number of ether oxygens (including phenoxy) is 1. The van der Waals surface area contributed by atoms with Crippen LogP contribution in [0.15, 0.2) is 79.1 Å². The molecule has 0 spiro atoms. The van der Waals surface area contributed by atoms with Gasteiger partial charge in [-0.05, 0) is 59.7 Å². The predicted octanol–water partition coefficient (Wildman–Crippen LogP) is 4.72. The van der Waals surface area contributed by atoms with Crippen molar-refractivity contribution in [3.63, 3.8) is 0 Å². The fourth-order valence-electron chi connectivity index (χ4n) is 3.94. The van der Waals surface area contributed by atoms with E-state index in [-0.39, 0.29) is 17.9 Å². The van der Waals surface area contributed by atoms with Crippen LogP contribution in [0.5, 0.6) is 5.75 Å². The van der Waals surface area contributed by atoms with E-state index in [1.807, 2.05) is 36.4 Å². The number of nitrogens with one attached hydrogen (secondary N) is 1. The zero-order valence-electron chi connectivity index (χ0n) is 19.0. The van der Waals surface area contributed by atoms with Crippen molar-refractivity contribution in [2.24, 2.45) is 0 Å². The van der Waals surface area contributed by atoms with Crippen molar-refractivity contribution >= 4 is 22.6 Å². The summed E-state index contributed by atoms with van der Waals surface area (Å²) in [4.78, 5) is 28.6. The van der Waals surface area contributed by atoms with Gasteiger partial charge in [0.05, 0.1) is 12.0 Å². The molecule has 1 aromatic heterocycles. The summed E-state index contributed by atoms with van der Waals surface area (Å²) in [5.74, 6) is -0.644. The van der Waals surface area contributed by atoms with E-state index in [1.54, 1.807) is 30.6 Å². The smallest absolute Gasteiger partial charge is 0.335 e. The number of benzene rings is 3. The van der Waals surface area contributed by atoms with Crippen LogP contribution in [0.1, 0.15) is 32.6 Å². The lowest BCUT2D eigenvalue weighted by Gasteiger charge is -2.14. The quantitative estimate of drug-likeness (QED) is 0.382. The highest BCUT2D eigenvalue weighted by Gasteiger charge is 2.15. The molecule has 4 aromatic rings. The van der Waals surface area contributed by atoms with Gasteiger partial charge >= 0.3 is 5.97 Å². The molecule has 6 nitrogen and oxygen atoms in total. The second kappa shape index (κ2) is 10.6. The lowest BCUT2D eigenvalue weighted by atomic mass is 9.97. The normalized spacial score (nSPS) is 10.7. The van der Waals surface area contributed by atoms with Gasteiger partial charge in [0.1, 0.15) is 12.4 Å². The van der Waals surface area contributed by atoms with Gasteiger partial charge in [0.15, 0.2) is 0 Å². The first-order valence-electron chi connectivity index (χ1n) is 11.1. The second-order valence-corrected chi connectivity index (χ2v) is 8.14. The SMILES string of the molecule is Cc1ccccc1CCNC(=O)Cc1cc(C(=O)O)cc2c(OCc3cccnc3)cccc12. The van der Waals surface area contributed by atoms with E-state index in [0.29, 0.717) is 29.9 Å². The summed E-state index contributed by atoms with van der Waals surface area (Å²) in [5.41, 5.74) is 4.05. The maximum absolute atomic E-state index is 12.7. The summed E-state index contributed by atoms with van der Waals surface area (Å²) in [6, 6.07) is 20.5. The number of aryl methyl sites for hydroxylation is 1. The van der Waals surface area contributed by atoms with Gasteiger partial charge in [-0.1, -0.05) is 42.5 Å². The summed E-state index contributed by atoms with van der Waals surface area (Å²) in [7, 11) is 0. The first kappa shape index (κ1) is 23.0. The monoisotopic (exact) mass is 454 g/mol. The highest BCUT2D eigenvalue weighted by atomic mass is 16.5. The number of aromatic nitrogens is 1. The van der Waals surface area contributed by atoms with Crippen molar-refractivity contribution in [1.29, 1.82) is 0 Å². The van der Waals surface area contributed by atoms with Crippen LogP contribution >= 0.6 is 0 Å². The molecule has 0 atom stereocenters. The van der Waals surface area contributed by atoms with Crippen molar-refractivity contribution in [2.45, 2.75) is 26.4 Å². The van der Waals surface area contributed by atoms with Crippen molar-refractivity contribution in [3.8, 4) is 5.75 Å². The van der Waals surface area contributed by atoms with E-state index in [1.165, 1.54) is 11.1 Å². The Bertz CT molecular complexity index is 1320. The predicted molar refractivity (Wildman–Crippen MR) is 131 cm³/mol. The third kappa shape index (κ3) is 5.59. The molecule has 0 aliphatic carbocycles. The fraction of sp³-hybridized carbons (Fsp3) is 0.179. The van der Waals surface area contributed by atoms with Gasteiger partial charge < -0.3 is 15.2 Å². The molecule has 2 N–H and O–H groups in total. The first-order valence-corrected chi connectivity index (χ1v) is 11.1. The van der Waals surface area contributed by atoms with Crippen molar-refractivity contribution in [3.05, 3.63) is 107 Å². The largest absolute Gasteiger partial charge is 0.488 e. The summed E-state index contributed by atoms with van der Waals surface area (Å²) in [6.07, 6.45) is 4.23. The number of carboxylic acid groups (broad SMARTS) is 1. The van der Waals surface area contributed by atoms with Crippen LogP contribution in [0.2, 0.25) is 0 Å². The minimum Gasteiger partial charge on any atom is -0.488 e. The number of nitrogens with zero attached hydrogens (tertiary/aromatic N) is 1. The van der Waals surface area contributed by atoms with E-state index in [9.17, 15) is 14.7 Å². The molecule has 6 heteroatoms. The van der Waals surface area contributed by atoms with Gasteiger partial charge in [0.25, 0.3) is 0 Å². The lowest BCUT2D eigenvalue weighted by Crippen LogP contribution is -2.27. The minimum absolute atomic E-state index is 0.0808. The number of hydrogen-bond donors (Lipinski definition) is 2. The van der Waals surface area contributed by atoms with E-state index < -0.39 is 5.97 Å². The zero-order valence-corrected chi connectivity index (χ0v) is 19.0. The van der Waals surface area contributed by atoms with Crippen LogP contribution < -0.4 is 10.1 Å². The Kier molecular flexibility index (Phi) is 7.18. The molecule has 0 unspecified atom stereocenters. The number of carboxylic acids is 1. The number of carbonyl (C=O) groups is 2. The molecule has 0 bridgehead atoms. The first-order chi connectivity index (χ1) is 16.5. The number of fused-ring (bicyclic) bond motifs is 1. The van der Waals surface area contributed by atoms with E-state index in [0.717, 1.165) is 17.4 Å². The molecule has 4 rings (SSSR count). The van der Waals surface area contributed by atoms with Crippen molar-refractivity contribution in [1.82, 2.24) is 10.3 Å². The Morgan fingerprint density at radius 3 is 2.59 bits per heavy atom. The molecule has 0 aliphatic heterocycles. The minimum atomic E-state index is -1.05. The van der Waals surface area contributed by atoms with Crippen LogP contribution in [0.3, 0.4) is 0 Å². The van der Waals surface area contributed by atoms with E-state index >= 15 is 0 Å². The lowest BCUT2D eigenvalue weighted by molar-refractivity contribution is -0.120. The van der Waals surface area contributed by atoms with Crippen LogP contribution in [0, 0.1) is 6.92 Å². The summed E-state index contributed by atoms with van der Waals surface area (Å²) in [5, 5.41) is 14.1.